The Bertz CT molecular complexity index is 297. The van der Waals surface area contributed by atoms with Crippen molar-refractivity contribution < 1.29 is 28.8 Å². The molecule has 0 unspecified atom stereocenters. The lowest BCUT2D eigenvalue weighted by atomic mass is 10.5. The van der Waals surface area contributed by atoms with E-state index in [2.05, 4.69) is 0 Å². The van der Waals surface area contributed by atoms with Crippen LogP contribution in [0.1, 0.15) is 34.6 Å². The maximum Gasteiger partial charge on any atom is 0.0840 e. The Hall–Kier alpha value is -0.940. The second-order valence-electron chi connectivity index (χ2n) is 4.75. The van der Waals surface area contributed by atoms with E-state index >= 15 is 0 Å². The number of hydrogen-bond donors (Lipinski definition) is 3. The third kappa shape index (κ3) is 29.8. The van der Waals surface area contributed by atoms with E-state index in [0.717, 1.165) is 0 Å². The van der Waals surface area contributed by atoms with Crippen LogP contribution in [-0.2, 0) is 23.7 Å². The molecule has 0 bridgehead atoms. The highest BCUT2D eigenvalue weighted by molar-refractivity contribution is 4.94. The zero-order valence-corrected chi connectivity index (χ0v) is 18.7. The second-order valence-corrected chi connectivity index (χ2v) is 4.75. The van der Waals surface area contributed by atoms with Gasteiger partial charge < -0.3 is 39.5 Å². The number of hydrazine groups is 1. The van der Waals surface area contributed by atoms with E-state index in [4.69, 9.17) is 40.4 Å². The molecule has 0 heterocycles. The van der Waals surface area contributed by atoms with Gasteiger partial charge in [0.25, 0.3) is 0 Å². The minimum absolute atomic E-state index is 0.218. The molecule has 0 aromatic carbocycles. The first-order valence-electron chi connectivity index (χ1n) is 10.2. The van der Waals surface area contributed by atoms with Gasteiger partial charge in [0, 0.05) is 12.8 Å². The first-order valence-corrected chi connectivity index (χ1v) is 10.2. The molecule has 5 N–H and O–H groups in total. The van der Waals surface area contributed by atoms with Crippen LogP contribution in [0.4, 0.5) is 0 Å². The number of ether oxygens (including phenoxy) is 5. The molecule has 0 aliphatic carbocycles. The van der Waals surface area contributed by atoms with Crippen molar-refractivity contribution in [1.29, 1.82) is 0 Å². The van der Waals surface area contributed by atoms with E-state index in [1.54, 1.807) is 0 Å². The first kappa shape index (κ1) is 31.7. The van der Waals surface area contributed by atoms with Gasteiger partial charge in [0.05, 0.1) is 78.3 Å². The molecule has 0 fully saturated rings. The average molecular weight is 412 g/mol. The van der Waals surface area contributed by atoms with Crippen LogP contribution in [0.2, 0.25) is 0 Å². The van der Waals surface area contributed by atoms with Crippen LogP contribution < -0.4 is 11.6 Å². The molecule has 0 radical (unpaired) electrons. The highest BCUT2D eigenvalue weighted by Gasteiger charge is 1.96. The van der Waals surface area contributed by atoms with Crippen LogP contribution in [0.25, 0.3) is 0 Å². The molecular weight excluding hydrogens is 366 g/mol. The molecule has 172 valence electrons. The Morgan fingerprint density at radius 1 is 0.750 bits per heavy atom. The van der Waals surface area contributed by atoms with Crippen molar-refractivity contribution in [3.8, 4) is 0 Å². The molecule has 0 saturated carbocycles. The van der Waals surface area contributed by atoms with Crippen LogP contribution in [0, 0.1) is 0 Å². The summed E-state index contributed by atoms with van der Waals surface area (Å²) in [5.41, 5.74) is 5.74. The highest BCUT2D eigenvalue weighted by atomic mass is 16.6. The van der Waals surface area contributed by atoms with Crippen LogP contribution in [0.15, 0.2) is 11.9 Å². The van der Waals surface area contributed by atoms with Gasteiger partial charge in [0.1, 0.15) is 0 Å². The quantitative estimate of drug-likeness (QED) is 0.173. The van der Waals surface area contributed by atoms with Gasteiger partial charge in [-0.15, -0.1) is 0 Å². The monoisotopic (exact) mass is 411 g/mol. The predicted molar refractivity (Wildman–Crippen MR) is 113 cm³/mol. The van der Waals surface area contributed by atoms with Crippen molar-refractivity contribution in [3.63, 3.8) is 0 Å². The summed E-state index contributed by atoms with van der Waals surface area (Å²) in [6, 6.07) is 0. The first-order chi connectivity index (χ1) is 13.7. The predicted octanol–water partition coefficient (Wildman–Crippen LogP) is 1.11. The fraction of sp³-hybridized carbons (Fsp3) is 0.895. The minimum atomic E-state index is -0.218. The SMILES string of the molecule is CC.CC.CCOCCOCCOCCOCCOCCN(N)/C=C(\N)CO. The summed E-state index contributed by atoms with van der Waals surface area (Å²) in [6.45, 7) is 15.7. The maximum atomic E-state index is 8.74. The number of aliphatic hydroxyl groups excluding tert-OH is 1. The average Bonchev–Trinajstić information content (AvgIpc) is 2.73. The Morgan fingerprint density at radius 3 is 1.46 bits per heavy atom. The Morgan fingerprint density at radius 2 is 1.11 bits per heavy atom. The molecule has 28 heavy (non-hydrogen) atoms. The molecule has 0 amide bonds. The summed E-state index contributed by atoms with van der Waals surface area (Å²) in [6.07, 6.45) is 1.47. The van der Waals surface area contributed by atoms with Crippen LogP contribution in [0.5, 0.6) is 0 Å². The molecule has 0 aliphatic rings. The van der Waals surface area contributed by atoms with E-state index in [9.17, 15) is 0 Å². The molecule has 9 nitrogen and oxygen atoms in total. The molecule has 0 spiro atoms. The summed E-state index contributed by atoms with van der Waals surface area (Å²) >= 11 is 0. The van der Waals surface area contributed by atoms with E-state index < -0.39 is 0 Å². The molecular formula is C19H45N3O6. The molecule has 0 aromatic heterocycles. The summed E-state index contributed by atoms with van der Waals surface area (Å²) in [4.78, 5) is 0. The molecule has 0 saturated heterocycles. The largest absolute Gasteiger partial charge is 0.399 e. The van der Waals surface area contributed by atoms with Crippen LogP contribution in [0.3, 0.4) is 0 Å². The zero-order valence-electron chi connectivity index (χ0n) is 18.7. The third-order valence-electron chi connectivity index (χ3n) is 2.70. The fourth-order valence-corrected chi connectivity index (χ4v) is 1.51. The smallest absolute Gasteiger partial charge is 0.0840 e. The molecule has 0 aliphatic heterocycles. The van der Waals surface area contributed by atoms with E-state index in [-0.39, 0.29) is 6.61 Å². The Balaban J connectivity index is -0.00000146. The summed E-state index contributed by atoms with van der Waals surface area (Å²) in [7, 11) is 0. The summed E-state index contributed by atoms with van der Waals surface area (Å²) < 4.78 is 26.5. The topological polar surface area (TPSA) is 122 Å². The third-order valence-corrected chi connectivity index (χ3v) is 2.70. The van der Waals surface area contributed by atoms with Crippen molar-refractivity contribution >= 4 is 0 Å². The van der Waals surface area contributed by atoms with Gasteiger partial charge in [0.15, 0.2) is 0 Å². The van der Waals surface area contributed by atoms with Crippen molar-refractivity contribution in [2.75, 3.05) is 79.2 Å². The van der Waals surface area contributed by atoms with Crippen LogP contribution in [-0.4, -0.2) is 89.3 Å². The molecule has 0 rings (SSSR count). The van der Waals surface area contributed by atoms with Gasteiger partial charge in [-0.2, -0.15) is 0 Å². The number of hydrogen-bond acceptors (Lipinski definition) is 9. The van der Waals surface area contributed by atoms with E-state index in [1.165, 1.54) is 11.2 Å². The lowest BCUT2D eigenvalue weighted by molar-refractivity contribution is -0.0109. The number of rotatable bonds is 18. The van der Waals surface area contributed by atoms with Crippen molar-refractivity contribution in [2.45, 2.75) is 34.6 Å². The fourth-order valence-electron chi connectivity index (χ4n) is 1.51. The highest BCUT2D eigenvalue weighted by Crippen LogP contribution is 1.87. The van der Waals surface area contributed by atoms with Crippen molar-refractivity contribution in [3.05, 3.63) is 11.9 Å². The van der Waals surface area contributed by atoms with E-state index in [1.807, 2.05) is 34.6 Å². The molecule has 0 aromatic rings. The molecule has 9 heteroatoms. The van der Waals surface area contributed by atoms with Gasteiger partial charge in [-0.3, -0.25) is 0 Å². The van der Waals surface area contributed by atoms with Crippen molar-refractivity contribution in [2.24, 2.45) is 11.6 Å². The lowest BCUT2D eigenvalue weighted by Gasteiger charge is -2.14. The standard InChI is InChI=1S/C15H33N3O6.2C2H6/c1-2-20-5-6-22-9-10-24-12-11-23-8-7-21-4-3-18(17)13-15(16)14-19;2*1-2/h13,19H,2-12,14,16-17H2,1H3;2*1-2H3/b15-13-;;. The van der Waals surface area contributed by atoms with E-state index in [0.29, 0.717) is 78.3 Å². The van der Waals surface area contributed by atoms with Gasteiger partial charge >= 0.3 is 0 Å². The normalized spacial score (nSPS) is 10.6. The Kier molecular flexibility index (Phi) is 34.9. The maximum absolute atomic E-state index is 8.74. The summed E-state index contributed by atoms with van der Waals surface area (Å²) in [5, 5.41) is 10.1. The lowest BCUT2D eigenvalue weighted by Crippen LogP contribution is -2.30. The zero-order chi connectivity index (χ0) is 21.9. The number of nitrogens with zero attached hydrogens (tertiary/aromatic N) is 1. The van der Waals surface area contributed by atoms with Crippen molar-refractivity contribution in [1.82, 2.24) is 5.01 Å². The molecule has 0 atom stereocenters. The Labute approximate surface area is 171 Å². The van der Waals surface area contributed by atoms with Gasteiger partial charge in [-0.1, -0.05) is 27.7 Å². The summed E-state index contributed by atoms with van der Waals surface area (Å²) in [5.74, 6) is 5.63. The van der Waals surface area contributed by atoms with Crippen LogP contribution >= 0.6 is 0 Å². The van der Waals surface area contributed by atoms with Gasteiger partial charge in [-0.05, 0) is 6.92 Å². The van der Waals surface area contributed by atoms with Gasteiger partial charge in [0.2, 0.25) is 0 Å². The minimum Gasteiger partial charge on any atom is -0.399 e. The van der Waals surface area contributed by atoms with Gasteiger partial charge in [-0.25, -0.2) is 5.84 Å². The number of nitrogens with two attached hydrogens (primary N) is 2. The number of aliphatic hydroxyl groups is 1. The second kappa shape index (κ2) is 30.8.